The number of aryl methyl sites for hydroxylation is 1. The molecule has 9 nitrogen and oxygen atoms in total. The first-order valence-electron chi connectivity index (χ1n) is 12.3. The zero-order valence-corrected chi connectivity index (χ0v) is 21.7. The van der Waals surface area contributed by atoms with Gasteiger partial charge in [0.2, 0.25) is 0 Å². The number of halogens is 2. The number of ether oxygens (including phenoxy) is 1. The van der Waals surface area contributed by atoms with Gasteiger partial charge in [0, 0.05) is 25.4 Å². The fourth-order valence-corrected chi connectivity index (χ4v) is 4.82. The number of alkyl halides is 1. The molecule has 0 aliphatic heterocycles. The Labute approximate surface area is 221 Å². The predicted octanol–water partition coefficient (Wildman–Crippen LogP) is 3.41. The fraction of sp³-hybridized carbons (Fsp3) is 0.333. The summed E-state index contributed by atoms with van der Waals surface area (Å²) >= 11 is 6.33. The quantitative estimate of drug-likeness (QED) is 0.319. The molecule has 38 heavy (non-hydrogen) atoms. The van der Waals surface area contributed by atoms with E-state index in [1.165, 1.54) is 10.6 Å². The van der Waals surface area contributed by atoms with Crippen molar-refractivity contribution in [1.29, 1.82) is 0 Å². The summed E-state index contributed by atoms with van der Waals surface area (Å²) in [6.07, 6.45) is 3.27. The Hall–Kier alpha value is -3.92. The Balaban J connectivity index is 1.71. The highest BCUT2D eigenvalue weighted by Crippen LogP contribution is 2.31. The molecule has 0 bridgehead atoms. The van der Waals surface area contributed by atoms with Crippen LogP contribution in [0.3, 0.4) is 0 Å². The maximum Gasteiger partial charge on any atom is 0.345 e. The first-order chi connectivity index (χ1) is 18.2. The van der Waals surface area contributed by atoms with Crippen LogP contribution >= 0.6 is 11.6 Å². The number of nitrogens with zero attached hydrogens (tertiary/aromatic N) is 4. The van der Waals surface area contributed by atoms with Crippen LogP contribution in [0.2, 0.25) is 5.02 Å². The largest absolute Gasteiger partial charge is 0.462 e. The van der Waals surface area contributed by atoms with Gasteiger partial charge in [-0.05, 0) is 49.4 Å². The summed E-state index contributed by atoms with van der Waals surface area (Å²) in [6, 6.07) is 9.74. The lowest BCUT2D eigenvalue weighted by molar-refractivity contribution is 0.0522. The molecule has 1 fully saturated rings. The number of esters is 1. The van der Waals surface area contributed by atoms with Gasteiger partial charge in [-0.3, -0.25) is 23.1 Å². The maximum atomic E-state index is 13.7. The number of carbonyl (C=O) groups excluding carboxylic acids is 1. The monoisotopic (exact) mass is 540 g/mol. The minimum atomic E-state index is -0.880. The number of carbonyl (C=O) groups is 1. The molecule has 1 aliphatic rings. The van der Waals surface area contributed by atoms with E-state index >= 15 is 0 Å². The molecule has 0 atom stereocenters. The number of hydrogen-bond donors (Lipinski definition) is 0. The highest BCUT2D eigenvalue weighted by Gasteiger charge is 2.25. The Morgan fingerprint density at radius 3 is 2.47 bits per heavy atom. The van der Waals surface area contributed by atoms with E-state index < -0.39 is 23.9 Å². The zero-order valence-electron chi connectivity index (χ0n) is 20.9. The number of benzene rings is 2. The van der Waals surface area contributed by atoms with Crippen LogP contribution in [-0.4, -0.2) is 30.8 Å². The summed E-state index contributed by atoms with van der Waals surface area (Å²) in [4.78, 5) is 52.5. The van der Waals surface area contributed by atoms with Crippen molar-refractivity contribution < 1.29 is 13.9 Å². The SMILES string of the molecule is CCOC(=O)c1cn(-c2ccc3c(c2)n(CC2CC2)c(=O)n3C)c(=O)n(Cc2cccc(CF)c2Cl)c1=O. The topological polar surface area (TPSA) is 97.2 Å². The Morgan fingerprint density at radius 1 is 1.05 bits per heavy atom. The van der Waals surface area contributed by atoms with Crippen molar-refractivity contribution in [3.05, 3.63) is 95.6 Å². The van der Waals surface area contributed by atoms with Crippen molar-refractivity contribution in [2.75, 3.05) is 6.61 Å². The van der Waals surface area contributed by atoms with Gasteiger partial charge >= 0.3 is 17.3 Å². The van der Waals surface area contributed by atoms with Crippen LogP contribution in [0.5, 0.6) is 0 Å². The summed E-state index contributed by atoms with van der Waals surface area (Å²) in [6.45, 7) is 1.12. The summed E-state index contributed by atoms with van der Waals surface area (Å²) in [5, 5.41) is 0.101. The minimum Gasteiger partial charge on any atom is -0.462 e. The standard InChI is InChI=1S/C27H26ClFN4O5/c1-3-38-25(35)20-15-31(27(37)33(24(20)34)14-18-6-4-5-17(12-29)23(18)28)19-9-10-21-22(11-19)32(13-16-7-8-16)26(36)30(21)2/h4-6,9-11,15-16H,3,7-8,12-14H2,1-2H3. The van der Waals surface area contributed by atoms with Gasteiger partial charge in [-0.2, -0.15) is 0 Å². The van der Waals surface area contributed by atoms with Gasteiger partial charge in [-0.1, -0.05) is 29.8 Å². The van der Waals surface area contributed by atoms with Gasteiger partial charge in [-0.15, -0.1) is 0 Å². The van der Waals surface area contributed by atoms with Crippen molar-refractivity contribution in [3.63, 3.8) is 0 Å². The molecular formula is C27H26ClFN4O5. The molecule has 0 saturated heterocycles. The summed E-state index contributed by atoms with van der Waals surface area (Å²) in [5.74, 6) is -0.443. The molecule has 0 N–H and O–H groups in total. The first kappa shape index (κ1) is 25.7. The van der Waals surface area contributed by atoms with Crippen LogP contribution in [0.4, 0.5) is 4.39 Å². The first-order valence-corrected chi connectivity index (χ1v) is 12.7. The molecule has 0 amide bonds. The molecule has 0 unspecified atom stereocenters. The van der Waals surface area contributed by atoms with Crippen LogP contribution in [0.25, 0.3) is 16.7 Å². The fourth-order valence-electron chi connectivity index (χ4n) is 4.59. The van der Waals surface area contributed by atoms with Crippen LogP contribution in [-0.2, 0) is 31.5 Å². The van der Waals surface area contributed by atoms with Gasteiger partial charge < -0.3 is 4.74 Å². The van der Waals surface area contributed by atoms with Crippen molar-refractivity contribution >= 4 is 28.6 Å². The summed E-state index contributed by atoms with van der Waals surface area (Å²) < 4.78 is 23.7. The molecule has 1 aliphatic carbocycles. The molecular weight excluding hydrogens is 515 g/mol. The van der Waals surface area contributed by atoms with E-state index in [1.807, 2.05) is 0 Å². The van der Waals surface area contributed by atoms with Crippen LogP contribution in [0.15, 0.2) is 57.0 Å². The number of fused-ring (bicyclic) bond motifs is 1. The van der Waals surface area contributed by atoms with Gasteiger partial charge in [-0.25, -0.2) is 18.8 Å². The highest BCUT2D eigenvalue weighted by atomic mass is 35.5. The Bertz CT molecular complexity index is 1750. The highest BCUT2D eigenvalue weighted by molar-refractivity contribution is 6.32. The third-order valence-electron chi connectivity index (χ3n) is 6.84. The van der Waals surface area contributed by atoms with E-state index in [0.29, 0.717) is 34.7 Å². The molecule has 0 radical (unpaired) electrons. The van der Waals surface area contributed by atoms with E-state index in [-0.39, 0.29) is 35.0 Å². The molecule has 2 aromatic carbocycles. The van der Waals surface area contributed by atoms with E-state index in [9.17, 15) is 23.6 Å². The van der Waals surface area contributed by atoms with Gasteiger partial charge in [0.25, 0.3) is 5.56 Å². The van der Waals surface area contributed by atoms with Crippen LogP contribution in [0.1, 0.15) is 41.3 Å². The van der Waals surface area contributed by atoms with E-state index in [0.717, 1.165) is 23.6 Å². The molecule has 0 spiro atoms. The third-order valence-corrected chi connectivity index (χ3v) is 7.33. The summed E-state index contributed by atoms with van der Waals surface area (Å²) in [7, 11) is 1.69. The second-order valence-corrected chi connectivity index (χ2v) is 9.78. The van der Waals surface area contributed by atoms with Crippen molar-refractivity contribution in [2.24, 2.45) is 13.0 Å². The molecule has 4 aromatic rings. The lowest BCUT2D eigenvalue weighted by Gasteiger charge is -2.14. The molecule has 198 valence electrons. The smallest absolute Gasteiger partial charge is 0.345 e. The normalized spacial score (nSPS) is 13.3. The van der Waals surface area contributed by atoms with Gasteiger partial charge in [0.1, 0.15) is 12.2 Å². The van der Waals surface area contributed by atoms with Crippen molar-refractivity contribution in [2.45, 2.75) is 39.5 Å². The number of rotatable bonds is 8. The lowest BCUT2D eigenvalue weighted by Crippen LogP contribution is -2.42. The van der Waals surface area contributed by atoms with Gasteiger partial charge in [0.15, 0.2) is 0 Å². The second kappa shape index (κ2) is 10.1. The molecule has 5 rings (SSSR count). The predicted molar refractivity (Wildman–Crippen MR) is 141 cm³/mol. The molecule has 2 aromatic heterocycles. The van der Waals surface area contributed by atoms with Crippen molar-refractivity contribution in [1.82, 2.24) is 18.3 Å². The minimum absolute atomic E-state index is 0.0329. The Kier molecular flexibility index (Phi) is 6.83. The van der Waals surface area contributed by atoms with Crippen molar-refractivity contribution in [3.8, 4) is 5.69 Å². The molecule has 1 saturated carbocycles. The number of imidazole rings is 1. The zero-order chi connectivity index (χ0) is 27.1. The molecule has 2 heterocycles. The third kappa shape index (κ3) is 4.49. The maximum absolute atomic E-state index is 13.7. The number of hydrogen-bond acceptors (Lipinski definition) is 5. The average Bonchev–Trinajstić information content (AvgIpc) is 3.70. The summed E-state index contributed by atoms with van der Waals surface area (Å²) in [5.41, 5.74) is 0.204. The lowest BCUT2D eigenvalue weighted by atomic mass is 10.1. The molecule has 11 heteroatoms. The van der Waals surface area contributed by atoms with Gasteiger partial charge in [0.05, 0.1) is 34.9 Å². The average molecular weight is 541 g/mol. The number of aromatic nitrogens is 4. The van der Waals surface area contributed by atoms with E-state index in [4.69, 9.17) is 16.3 Å². The second-order valence-electron chi connectivity index (χ2n) is 9.40. The van der Waals surface area contributed by atoms with Crippen LogP contribution in [0, 0.1) is 5.92 Å². The van der Waals surface area contributed by atoms with Crippen LogP contribution < -0.4 is 16.9 Å². The Morgan fingerprint density at radius 2 is 1.79 bits per heavy atom. The van der Waals surface area contributed by atoms with E-state index in [1.54, 1.807) is 53.4 Å². The van der Waals surface area contributed by atoms with E-state index in [2.05, 4.69) is 0 Å².